The Hall–Kier alpha value is -1.38. The number of esters is 1. The van der Waals surface area contributed by atoms with Crippen molar-refractivity contribution in [1.29, 1.82) is 0 Å². The number of rotatable bonds is 6. The van der Waals surface area contributed by atoms with Gasteiger partial charge < -0.3 is 4.74 Å². The topological polar surface area (TPSA) is 43.4 Å². The summed E-state index contributed by atoms with van der Waals surface area (Å²) in [5.74, 6) is -0.985. The third kappa shape index (κ3) is 4.03. The van der Waals surface area contributed by atoms with Gasteiger partial charge in [-0.3, -0.25) is 9.59 Å². The van der Waals surface area contributed by atoms with Crippen molar-refractivity contribution >= 4 is 11.8 Å². The summed E-state index contributed by atoms with van der Waals surface area (Å²) in [6, 6.07) is 0. The second-order valence-electron chi connectivity index (χ2n) is 3.14. The fourth-order valence-electron chi connectivity index (χ4n) is 1.11. The molecule has 14 heavy (non-hydrogen) atoms. The Kier molecular flexibility index (Phi) is 5.53. The molecule has 0 heterocycles. The molecule has 1 unspecified atom stereocenters. The summed E-state index contributed by atoms with van der Waals surface area (Å²) in [5, 5.41) is 0. The standard InChI is InChI=1S/C11H16O3/c1-5-6-9(8(2)3)10(12)7-11(13)14-4/h5,9H,1-2,6-7H2,3-4H3. The Labute approximate surface area is 84.4 Å². The number of ether oxygens (including phenoxy) is 1. The summed E-state index contributed by atoms with van der Waals surface area (Å²) in [7, 11) is 1.26. The molecule has 3 heteroatoms. The van der Waals surface area contributed by atoms with E-state index in [4.69, 9.17) is 0 Å². The maximum Gasteiger partial charge on any atom is 0.313 e. The van der Waals surface area contributed by atoms with E-state index in [0.717, 1.165) is 5.57 Å². The van der Waals surface area contributed by atoms with Crippen LogP contribution in [0.2, 0.25) is 0 Å². The van der Waals surface area contributed by atoms with Gasteiger partial charge >= 0.3 is 5.97 Å². The molecule has 0 bridgehead atoms. The van der Waals surface area contributed by atoms with Gasteiger partial charge in [-0.05, 0) is 13.3 Å². The van der Waals surface area contributed by atoms with E-state index < -0.39 is 5.97 Å². The van der Waals surface area contributed by atoms with E-state index in [2.05, 4.69) is 17.9 Å². The summed E-state index contributed by atoms with van der Waals surface area (Å²) in [6.45, 7) is 9.03. The number of methoxy groups -OCH3 is 1. The smallest absolute Gasteiger partial charge is 0.313 e. The third-order valence-corrected chi connectivity index (χ3v) is 1.93. The van der Waals surface area contributed by atoms with Crippen LogP contribution in [-0.2, 0) is 14.3 Å². The monoisotopic (exact) mass is 196 g/mol. The van der Waals surface area contributed by atoms with E-state index >= 15 is 0 Å². The Morgan fingerprint density at radius 1 is 1.50 bits per heavy atom. The van der Waals surface area contributed by atoms with Gasteiger partial charge in [0, 0.05) is 5.92 Å². The average molecular weight is 196 g/mol. The zero-order valence-electron chi connectivity index (χ0n) is 8.71. The van der Waals surface area contributed by atoms with Crippen molar-refractivity contribution in [2.24, 2.45) is 5.92 Å². The molecule has 0 aliphatic heterocycles. The van der Waals surface area contributed by atoms with Crippen LogP contribution < -0.4 is 0 Å². The molecule has 0 aromatic heterocycles. The SMILES string of the molecule is C=CCC(C(=C)C)C(=O)CC(=O)OC. The van der Waals surface area contributed by atoms with Crippen LogP contribution in [0.15, 0.2) is 24.8 Å². The highest BCUT2D eigenvalue weighted by Gasteiger charge is 2.20. The number of carbonyl (C=O) groups excluding carboxylic acids is 2. The maximum atomic E-state index is 11.5. The summed E-state index contributed by atoms with van der Waals surface area (Å²) < 4.78 is 4.41. The van der Waals surface area contributed by atoms with Crippen LogP contribution in [0, 0.1) is 5.92 Å². The largest absolute Gasteiger partial charge is 0.469 e. The number of allylic oxidation sites excluding steroid dienone is 2. The van der Waals surface area contributed by atoms with Crippen molar-refractivity contribution in [2.45, 2.75) is 19.8 Å². The van der Waals surface area contributed by atoms with Crippen LogP contribution in [-0.4, -0.2) is 18.9 Å². The Balaban J connectivity index is 4.36. The Bertz CT molecular complexity index is 253. The number of hydrogen-bond donors (Lipinski definition) is 0. The van der Waals surface area contributed by atoms with Gasteiger partial charge in [0.2, 0.25) is 0 Å². The lowest BCUT2D eigenvalue weighted by Gasteiger charge is -2.12. The zero-order valence-corrected chi connectivity index (χ0v) is 8.71. The highest BCUT2D eigenvalue weighted by Crippen LogP contribution is 2.16. The normalized spacial score (nSPS) is 11.6. The first-order valence-electron chi connectivity index (χ1n) is 4.38. The summed E-state index contributed by atoms with van der Waals surface area (Å²) in [4.78, 5) is 22.4. The molecular weight excluding hydrogens is 180 g/mol. The molecule has 0 saturated heterocycles. The predicted molar refractivity (Wildman–Crippen MR) is 54.8 cm³/mol. The van der Waals surface area contributed by atoms with Crippen LogP contribution in [0.1, 0.15) is 19.8 Å². The lowest BCUT2D eigenvalue weighted by atomic mass is 9.92. The van der Waals surface area contributed by atoms with Crippen LogP contribution in [0.3, 0.4) is 0 Å². The van der Waals surface area contributed by atoms with Gasteiger partial charge in [-0.2, -0.15) is 0 Å². The highest BCUT2D eigenvalue weighted by molar-refractivity contribution is 5.98. The quantitative estimate of drug-likeness (QED) is 0.370. The first-order chi connectivity index (χ1) is 6.52. The Morgan fingerprint density at radius 2 is 2.07 bits per heavy atom. The molecule has 0 N–H and O–H groups in total. The number of ketones is 1. The van der Waals surface area contributed by atoms with Gasteiger partial charge in [0.25, 0.3) is 0 Å². The average Bonchev–Trinajstić information content (AvgIpc) is 2.13. The van der Waals surface area contributed by atoms with E-state index in [1.54, 1.807) is 13.0 Å². The van der Waals surface area contributed by atoms with Gasteiger partial charge in [-0.15, -0.1) is 6.58 Å². The molecule has 0 aromatic rings. The van der Waals surface area contributed by atoms with Crippen molar-refractivity contribution in [3.8, 4) is 0 Å². The molecule has 0 fully saturated rings. The van der Waals surface area contributed by atoms with Gasteiger partial charge in [0.1, 0.15) is 6.42 Å². The zero-order chi connectivity index (χ0) is 11.1. The summed E-state index contributed by atoms with van der Waals surface area (Å²) in [6.07, 6.45) is 1.97. The fourth-order valence-corrected chi connectivity index (χ4v) is 1.11. The number of hydrogen-bond acceptors (Lipinski definition) is 3. The molecule has 0 aliphatic rings. The molecule has 0 saturated carbocycles. The number of Topliss-reactive ketones (excluding diaryl/α,β-unsaturated/α-hetero) is 1. The lowest BCUT2D eigenvalue weighted by molar-refractivity contribution is -0.143. The molecule has 0 radical (unpaired) electrons. The van der Waals surface area contributed by atoms with Crippen molar-refractivity contribution in [1.82, 2.24) is 0 Å². The van der Waals surface area contributed by atoms with E-state index in [1.165, 1.54) is 7.11 Å². The van der Waals surface area contributed by atoms with Crippen molar-refractivity contribution in [2.75, 3.05) is 7.11 Å². The summed E-state index contributed by atoms with van der Waals surface area (Å²) in [5.41, 5.74) is 0.749. The van der Waals surface area contributed by atoms with E-state index in [-0.39, 0.29) is 18.1 Å². The van der Waals surface area contributed by atoms with Crippen LogP contribution >= 0.6 is 0 Å². The molecule has 78 valence electrons. The third-order valence-electron chi connectivity index (χ3n) is 1.93. The van der Waals surface area contributed by atoms with E-state index in [9.17, 15) is 9.59 Å². The second kappa shape index (κ2) is 6.13. The van der Waals surface area contributed by atoms with Crippen molar-refractivity contribution in [3.05, 3.63) is 24.8 Å². The van der Waals surface area contributed by atoms with Gasteiger partial charge in [-0.1, -0.05) is 18.2 Å². The van der Waals surface area contributed by atoms with E-state index in [0.29, 0.717) is 6.42 Å². The second-order valence-corrected chi connectivity index (χ2v) is 3.14. The molecule has 0 aromatic carbocycles. The molecule has 3 nitrogen and oxygen atoms in total. The first kappa shape index (κ1) is 12.6. The number of carbonyl (C=O) groups is 2. The van der Waals surface area contributed by atoms with Crippen LogP contribution in [0.25, 0.3) is 0 Å². The highest BCUT2D eigenvalue weighted by atomic mass is 16.5. The van der Waals surface area contributed by atoms with Crippen LogP contribution in [0.5, 0.6) is 0 Å². The Morgan fingerprint density at radius 3 is 2.43 bits per heavy atom. The molecule has 0 amide bonds. The fraction of sp³-hybridized carbons (Fsp3) is 0.455. The lowest BCUT2D eigenvalue weighted by Crippen LogP contribution is -2.19. The molecular formula is C11H16O3. The van der Waals surface area contributed by atoms with Gasteiger partial charge in [-0.25, -0.2) is 0 Å². The summed E-state index contributed by atoms with van der Waals surface area (Å²) >= 11 is 0. The van der Waals surface area contributed by atoms with E-state index in [1.807, 2.05) is 0 Å². The van der Waals surface area contributed by atoms with Crippen LogP contribution in [0.4, 0.5) is 0 Å². The minimum absolute atomic E-state index is 0.163. The minimum atomic E-state index is -0.509. The molecule has 1 atom stereocenters. The molecule has 0 aliphatic carbocycles. The van der Waals surface area contributed by atoms with Crippen molar-refractivity contribution < 1.29 is 14.3 Å². The maximum absolute atomic E-state index is 11.5. The van der Waals surface area contributed by atoms with Crippen molar-refractivity contribution in [3.63, 3.8) is 0 Å². The van der Waals surface area contributed by atoms with Gasteiger partial charge in [0.05, 0.1) is 7.11 Å². The molecule has 0 spiro atoms. The molecule has 0 rings (SSSR count). The van der Waals surface area contributed by atoms with Gasteiger partial charge in [0.15, 0.2) is 5.78 Å². The first-order valence-corrected chi connectivity index (χ1v) is 4.38. The predicted octanol–water partition coefficient (Wildman–Crippen LogP) is 1.89. The minimum Gasteiger partial charge on any atom is -0.469 e.